The van der Waals surface area contributed by atoms with Crippen LogP contribution in [-0.4, -0.2) is 6.54 Å². The van der Waals surface area contributed by atoms with Crippen LogP contribution in [0.15, 0.2) is 12.1 Å². The number of hydrogen-bond donors (Lipinski definition) is 1. The second kappa shape index (κ2) is 2.91. The summed E-state index contributed by atoms with van der Waals surface area (Å²) in [6.07, 6.45) is 1.19. The summed E-state index contributed by atoms with van der Waals surface area (Å²) in [6, 6.07) is 4.66. The lowest BCUT2D eigenvalue weighted by Gasteiger charge is -2.18. The third-order valence-electron chi connectivity index (χ3n) is 2.70. The van der Waals surface area contributed by atoms with Crippen LogP contribution in [-0.2, 0) is 13.0 Å². The van der Waals surface area contributed by atoms with Gasteiger partial charge in [-0.3, -0.25) is 0 Å². The molecule has 1 aliphatic rings. The van der Waals surface area contributed by atoms with Crippen molar-refractivity contribution in [1.82, 2.24) is 5.32 Å². The Morgan fingerprint density at radius 2 is 1.75 bits per heavy atom. The molecule has 0 amide bonds. The standard InChI is InChI=1S/C11H15N/c1-8-5-10-3-4-12-7-11(10)6-9(8)2/h5-6,12H,3-4,7H2,1-2H3. The van der Waals surface area contributed by atoms with Gasteiger partial charge in [-0.25, -0.2) is 0 Å². The molecule has 1 nitrogen and oxygen atoms in total. The van der Waals surface area contributed by atoms with Crippen LogP contribution in [0.2, 0.25) is 0 Å². The third kappa shape index (κ3) is 1.25. The molecule has 0 bridgehead atoms. The van der Waals surface area contributed by atoms with Gasteiger partial charge in [0, 0.05) is 6.54 Å². The van der Waals surface area contributed by atoms with Crippen LogP contribution < -0.4 is 5.32 Å². The first-order valence-corrected chi connectivity index (χ1v) is 4.57. The summed E-state index contributed by atoms with van der Waals surface area (Å²) in [4.78, 5) is 0. The van der Waals surface area contributed by atoms with Gasteiger partial charge in [0.1, 0.15) is 0 Å². The van der Waals surface area contributed by atoms with Crippen LogP contribution in [0, 0.1) is 13.8 Å². The third-order valence-corrected chi connectivity index (χ3v) is 2.70. The van der Waals surface area contributed by atoms with Crippen molar-refractivity contribution in [1.29, 1.82) is 0 Å². The molecule has 0 saturated carbocycles. The van der Waals surface area contributed by atoms with Crippen LogP contribution >= 0.6 is 0 Å². The van der Waals surface area contributed by atoms with Crippen molar-refractivity contribution < 1.29 is 0 Å². The highest BCUT2D eigenvalue weighted by molar-refractivity contribution is 5.38. The fraction of sp³-hybridized carbons (Fsp3) is 0.455. The van der Waals surface area contributed by atoms with E-state index in [2.05, 4.69) is 31.3 Å². The van der Waals surface area contributed by atoms with Gasteiger partial charge < -0.3 is 5.32 Å². The Bertz CT molecular complexity index is 271. The minimum absolute atomic E-state index is 1.05. The quantitative estimate of drug-likeness (QED) is 0.613. The fourth-order valence-corrected chi connectivity index (χ4v) is 1.78. The summed E-state index contributed by atoms with van der Waals surface area (Å²) >= 11 is 0. The molecule has 0 radical (unpaired) electrons. The van der Waals surface area contributed by atoms with Gasteiger partial charge >= 0.3 is 0 Å². The van der Waals surface area contributed by atoms with Crippen molar-refractivity contribution >= 4 is 0 Å². The first kappa shape index (κ1) is 7.81. The zero-order valence-electron chi connectivity index (χ0n) is 7.78. The van der Waals surface area contributed by atoms with Gasteiger partial charge in [-0.05, 0) is 49.1 Å². The van der Waals surface area contributed by atoms with Crippen LogP contribution in [0.25, 0.3) is 0 Å². The number of fused-ring (bicyclic) bond motifs is 1. The molecule has 1 aromatic carbocycles. The van der Waals surface area contributed by atoms with E-state index in [-0.39, 0.29) is 0 Å². The summed E-state index contributed by atoms with van der Waals surface area (Å²) < 4.78 is 0. The van der Waals surface area contributed by atoms with Gasteiger partial charge in [-0.1, -0.05) is 12.1 Å². The molecule has 1 N–H and O–H groups in total. The summed E-state index contributed by atoms with van der Waals surface area (Å²) in [7, 11) is 0. The van der Waals surface area contributed by atoms with Crippen LogP contribution in [0.1, 0.15) is 22.3 Å². The summed E-state index contributed by atoms with van der Waals surface area (Å²) in [6.45, 7) is 6.56. The number of nitrogens with one attached hydrogen (secondary N) is 1. The van der Waals surface area contributed by atoms with Crippen molar-refractivity contribution in [2.24, 2.45) is 0 Å². The number of benzene rings is 1. The van der Waals surface area contributed by atoms with E-state index < -0.39 is 0 Å². The lowest BCUT2D eigenvalue weighted by atomic mass is 9.96. The molecule has 1 aliphatic heterocycles. The number of hydrogen-bond acceptors (Lipinski definition) is 1. The van der Waals surface area contributed by atoms with Crippen molar-refractivity contribution in [2.75, 3.05) is 6.54 Å². The maximum atomic E-state index is 3.39. The maximum Gasteiger partial charge on any atom is 0.0208 e. The van der Waals surface area contributed by atoms with Crippen molar-refractivity contribution in [2.45, 2.75) is 26.8 Å². The van der Waals surface area contributed by atoms with E-state index in [9.17, 15) is 0 Å². The van der Waals surface area contributed by atoms with Crippen LogP contribution in [0.3, 0.4) is 0 Å². The molecule has 1 heterocycles. The molecule has 0 fully saturated rings. The average molecular weight is 161 g/mol. The first-order chi connectivity index (χ1) is 5.77. The Hall–Kier alpha value is -0.820. The van der Waals surface area contributed by atoms with Crippen LogP contribution in [0.5, 0.6) is 0 Å². The highest BCUT2D eigenvalue weighted by Crippen LogP contribution is 2.18. The average Bonchev–Trinajstić information content (AvgIpc) is 2.07. The summed E-state index contributed by atoms with van der Waals surface area (Å²) in [5.41, 5.74) is 5.87. The Morgan fingerprint density at radius 3 is 2.50 bits per heavy atom. The Balaban J connectivity index is 2.49. The molecule has 0 aromatic heterocycles. The topological polar surface area (TPSA) is 12.0 Å². The van der Waals surface area contributed by atoms with E-state index in [0.29, 0.717) is 0 Å². The molecule has 1 aromatic rings. The number of rotatable bonds is 0. The van der Waals surface area contributed by atoms with Gasteiger partial charge in [-0.15, -0.1) is 0 Å². The predicted molar refractivity (Wildman–Crippen MR) is 51.3 cm³/mol. The van der Waals surface area contributed by atoms with Crippen molar-refractivity contribution in [3.63, 3.8) is 0 Å². The zero-order chi connectivity index (χ0) is 8.55. The fourth-order valence-electron chi connectivity index (χ4n) is 1.78. The molecule has 12 heavy (non-hydrogen) atoms. The zero-order valence-corrected chi connectivity index (χ0v) is 7.78. The molecule has 0 aliphatic carbocycles. The van der Waals surface area contributed by atoms with E-state index in [4.69, 9.17) is 0 Å². The smallest absolute Gasteiger partial charge is 0.0208 e. The van der Waals surface area contributed by atoms with E-state index >= 15 is 0 Å². The largest absolute Gasteiger partial charge is 0.312 e. The molecular weight excluding hydrogens is 146 g/mol. The SMILES string of the molecule is Cc1cc2c(cc1C)CNCC2. The molecular formula is C11H15N. The van der Waals surface area contributed by atoms with Gasteiger partial charge in [0.15, 0.2) is 0 Å². The van der Waals surface area contributed by atoms with E-state index in [1.54, 1.807) is 0 Å². The minimum atomic E-state index is 1.05. The predicted octanol–water partition coefficient (Wildman–Crippen LogP) is 1.95. The second-order valence-electron chi connectivity index (χ2n) is 3.63. The maximum absolute atomic E-state index is 3.39. The van der Waals surface area contributed by atoms with Crippen molar-refractivity contribution in [3.8, 4) is 0 Å². The Morgan fingerprint density at radius 1 is 1.08 bits per heavy atom. The first-order valence-electron chi connectivity index (χ1n) is 4.57. The highest BCUT2D eigenvalue weighted by atomic mass is 14.9. The van der Waals surface area contributed by atoms with E-state index in [1.807, 2.05) is 0 Å². The summed E-state index contributed by atoms with van der Waals surface area (Å²) in [5, 5.41) is 3.39. The lowest BCUT2D eigenvalue weighted by Crippen LogP contribution is -2.23. The normalized spacial score (nSPS) is 15.8. The van der Waals surface area contributed by atoms with E-state index in [1.165, 1.54) is 28.7 Å². The minimum Gasteiger partial charge on any atom is -0.312 e. The highest BCUT2D eigenvalue weighted by Gasteiger charge is 2.08. The van der Waals surface area contributed by atoms with Crippen LogP contribution in [0.4, 0.5) is 0 Å². The van der Waals surface area contributed by atoms with Gasteiger partial charge in [0.25, 0.3) is 0 Å². The molecule has 0 spiro atoms. The Labute approximate surface area is 73.8 Å². The van der Waals surface area contributed by atoms with Gasteiger partial charge in [0.2, 0.25) is 0 Å². The monoisotopic (exact) mass is 161 g/mol. The molecule has 64 valence electrons. The van der Waals surface area contributed by atoms with Crippen molar-refractivity contribution in [3.05, 3.63) is 34.4 Å². The summed E-state index contributed by atoms with van der Waals surface area (Å²) in [5.74, 6) is 0. The molecule has 1 heteroatoms. The molecule has 0 atom stereocenters. The number of aryl methyl sites for hydroxylation is 2. The molecule has 2 rings (SSSR count). The van der Waals surface area contributed by atoms with Gasteiger partial charge in [0.05, 0.1) is 0 Å². The van der Waals surface area contributed by atoms with Gasteiger partial charge in [-0.2, -0.15) is 0 Å². The second-order valence-corrected chi connectivity index (χ2v) is 3.63. The van der Waals surface area contributed by atoms with E-state index in [0.717, 1.165) is 13.1 Å². The lowest BCUT2D eigenvalue weighted by molar-refractivity contribution is 0.642. The Kier molecular flexibility index (Phi) is 1.89. The molecule has 0 saturated heterocycles. The molecule has 0 unspecified atom stereocenters.